The van der Waals surface area contributed by atoms with E-state index in [1.54, 1.807) is 19.1 Å². The molecule has 1 saturated carbocycles. The average molecular weight is 278 g/mol. The number of aromatic nitrogens is 1. The first-order valence-electron chi connectivity index (χ1n) is 7.01. The van der Waals surface area contributed by atoms with E-state index in [-0.39, 0.29) is 18.1 Å². The summed E-state index contributed by atoms with van der Waals surface area (Å²) in [6, 6.07) is 3.63. The van der Waals surface area contributed by atoms with E-state index < -0.39 is 0 Å². The van der Waals surface area contributed by atoms with Crippen molar-refractivity contribution in [3.63, 3.8) is 0 Å². The van der Waals surface area contributed by atoms with Crippen LogP contribution < -0.4 is 4.90 Å². The third-order valence-corrected chi connectivity index (χ3v) is 4.03. The van der Waals surface area contributed by atoms with Gasteiger partial charge in [0.2, 0.25) is 0 Å². The lowest BCUT2D eigenvalue weighted by molar-refractivity contribution is 0.0599. The van der Waals surface area contributed by atoms with Crippen molar-refractivity contribution in [1.82, 2.24) is 4.98 Å². The van der Waals surface area contributed by atoms with Gasteiger partial charge in [-0.1, -0.05) is 12.8 Å². The van der Waals surface area contributed by atoms with Gasteiger partial charge in [-0.2, -0.15) is 0 Å². The summed E-state index contributed by atoms with van der Waals surface area (Å²) in [6.45, 7) is 1.79. The quantitative estimate of drug-likeness (QED) is 0.856. The summed E-state index contributed by atoms with van der Waals surface area (Å²) in [5.41, 5.74) is 1.13. The Labute approximate surface area is 119 Å². The molecule has 1 fully saturated rings. The van der Waals surface area contributed by atoms with Crippen molar-refractivity contribution in [1.29, 1.82) is 0 Å². The first-order chi connectivity index (χ1) is 9.54. The third-order valence-electron chi connectivity index (χ3n) is 4.03. The van der Waals surface area contributed by atoms with Gasteiger partial charge in [-0.3, -0.25) is 0 Å². The first-order valence-corrected chi connectivity index (χ1v) is 7.01. The van der Waals surface area contributed by atoms with Crippen LogP contribution in [0.5, 0.6) is 0 Å². The maximum Gasteiger partial charge on any atom is 0.339 e. The lowest BCUT2D eigenvalue weighted by Gasteiger charge is -2.36. The van der Waals surface area contributed by atoms with Crippen LogP contribution >= 0.6 is 0 Å². The zero-order valence-corrected chi connectivity index (χ0v) is 12.3. The molecule has 1 aliphatic carbocycles. The fourth-order valence-electron chi connectivity index (χ4n) is 2.78. The summed E-state index contributed by atoms with van der Waals surface area (Å²) in [5.74, 6) is 0.406. The molecule has 2 atom stereocenters. The lowest BCUT2D eigenvalue weighted by Crippen LogP contribution is -2.43. The van der Waals surface area contributed by atoms with Gasteiger partial charge in [0.25, 0.3) is 0 Å². The molecule has 0 aromatic carbocycles. The van der Waals surface area contributed by atoms with E-state index >= 15 is 0 Å². The van der Waals surface area contributed by atoms with E-state index in [0.29, 0.717) is 11.3 Å². The van der Waals surface area contributed by atoms with Gasteiger partial charge in [-0.15, -0.1) is 0 Å². The molecule has 110 valence electrons. The number of hydrogen-bond acceptors (Lipinski definition) is 5. The minimum Gasteiger partial charge on any atom is -0.465 e. The second kappa shape index (κ2) is 6.22. The van der Waals surface area contributed by atoms with Crippen molar-refractivity contribution in [2.75, 3.05) is 19.1 Å². The van der Waals surface area contributed by atoms with Gasteiger partial charge in [0.15, 0.2) is 0 Å². The number of aryl methyl sites for hydroxylation is 1. The van der Waals surface area contributed by atoms with Gasteiger partial charge in [0, 0.05) is 7.05 Å². The molecule has 20 heavy (non-hydrogen) atoms. The van der Waals surface area contributed by atoms with E-state index in [1.807, 2.05) is 11.9 Å². The maximum atomic E-state index is 11.6. The summed E-state index contributed by atoms with van der Waals surface area (Å²) < 4.78 is 4.72. The van der Waals surface area contributed by atoms with Gasteiger partial charge in [0.1, 0.15) is 5.82 Å². The zero-order valence-electron chi connectivity index (χ0n) is 12.3. The topological polar surface area (TPSA) is 62.7 Å². The molecule has 1 aliphatic rings. The van der Waals surface area contributed by atoms with E-state index in [0.717, 1.165) is 31.5 Å². The van der Waals surface area contributed by atoms with Crippen molar-refractivity contribution >= 4 is 11.8 Å². The molecule has 2 unspecified atom stereocenters. The molecule has 5 heteroatoms. The van der Waals surface area contributed by atoms with Crippen molar-refractivity contribution in [3.8, 4) is 0 Å². The highest BCUT2D eigenvalue weighted by molar-refractivity contribution is 5.90. The van der Waals surface area contributed by atoms with Gasteiger partial charge in [-0.25, -0.2) is 9.78 Å². The predicted molar refractivity (Wildman–Crippen MR) is 77.0 cm³/mol. The Morgan fingerprint density at radius 2 is 2.10 bits per heavy atom. The number of ether oxygens (including phenoxy) is 1. The average Bonchev–Trinajstić information content (AvgIpc) is 2.46. The Kier molecular flexibility index (Phi) is 4.60. The van der Waals surface area contributed by atoms with Crippen molar-refractivity contribution < 1.29 is 14.6 Å². The molecular weight excluding hydrogens is 256 g/mol. The number of likely N-dealkylation sites (N-methyl/N-ethyl adjacent to an activating group) is 1. The number of esters is 1. The summed E-state index contributed by atoms with van der Waals surface area (Å²) in [6.07, 6.45) is 3.71. The Morgan fingerprint density at radius 3 is 2.70 bits per heavy atom. The Bertz CT molecular complexity index is 490. The number of aliphatic hydroxyl groups is 1. The van der Waals surface area contributed by atoms with E-state index in [9.17, 15) is 9.90 Å². The van der Waals surface area contributed by atoms with Crippen LogP contribution in [0.4, 0.5) is 5.82 Å². The van der Waals surface area contributed by atoms with Gasteiger partial charge >= 0.3 is 5.97 Å². The van der Waals surface area contributed by atoms with Crippen LogP contribution in [0, 0.1) is 6.92 Å². The smallest absolute Gasteiger partial charge is 0.339 e. The molecule has 5 nitrogen and oxygen atoms in total. The number of anilines is 1. The molecular formula is C15H22N2O3. The molecule has 1 N–H and O–H groups in total. The van der Waals surface area contributed by atoms with Gasteiger partial charge < -0.3 is 14.7 Å². The normalized spacial score (nSPS) is 22.4. The molecule has 1 aromatic rings. The Morgan fingerprint density at radius 1 is 1.40 bits per heavy atom. The highest BCUT2D eigenvalue weighted by Crippen LogP contribution is 2.26. The molecule has 0 radical (unpaired) electrons. The lowest BCUT2D eigenvalue weighted by atomic mass is 9.91. The Hall–Kier alpha value is -1.62. The van der Waals surface area contributed by atoms with Crippen LogP contribution in [0.25, 0.3) is 0 Å². The van der Waals surface area contributed by atoms with Crippen LogP contribution in [0.3, 0.4) is 0 Å². The third kappa shape index (κ3) is 2.93. The van der Waals surface area contributed by atoms with E-state index in [2.05, 4.69) is 4.98 Å². The summed E-state index contributed by atoms with van der Waals surface area (Å²) in [4.78, 5) is 18.0. The second-order valence-electron chi connectivity index (χ2n) is 5.32. The number of carbonyl (C=O) groups is 1. The minimum absolute atomic E-state index is 0.0969. The predicted octanol–water partition coefficient (Wildman–Crippen LogP) is 1.92. The largest absolute Gasteiger partial charge is 0.465 e. The van der Waals surface area contributed by atoms with Crippen LogP contribution in [0.2, 0.25) is 0 Å². The second-order valence-corrected chi connectivity index (χ2v) is 5.32. The van der Waals surface area contributed by atoms with Crippen molar-refractivity contribution in [3.05, 3.63) is 23.4 Å². The maximum absolute atomic E-state index is 11.6. The first kappa shape index (κ1) is 14.8. The summed E-state index contributed by atoms with van der Waals surface area (Å²) in [5, 5.41) is 10.1. The molecule has 0 saturated heterocycles. The molecule has 0 amide bonds. The molecule has 1 aromatic heterocycles. The fraction of sp³-hybridized carbons (Fsp3) is 0.600. The summed E-state index contributed by atoms with van der Waals surface area (Å²) in [7, 11) is 3.30. The van der Waals surface area contributed by atoms with E-state index in [1.165, 1.54) is 7.11 Å². The van der Waals surface area contributed by atoms with Crippen molar-refractivity contribution in [2.45, 2.75) is 44.8 Å². The molecule has 1 heterocycles. The number of hydrogen-bond donors (Lipinski definition) is 1. The van der Waals surface area contributed by atoms with Gasteiger partial charge in [0.05, 0.1) is 30.5 Å². The Balaban J connectivity index is 2.20. The standard InChI is InChI=1S/C15H22N2O3/c1-10-11(15(19)20-3)8-9-14(16-10)17(2)12-6-4-5-7-13(12)18/h8-9,12-13,18H,4-7H2,1-3H3. The number of pyridine rings is 1. The molecule has 0 aliphatic heterocycles. The zero-order chi connectivity index (χ0) is 14.7. The highest BCUT2D eigenvalue weighted by atomic mass is 16.5. The van der Waals surface area contributed by atoms with Crippen LogP contribution in [0.1, 0.15) is 41.7 Å². The summed E-state index contributed by atoms with van der Waals surface area (Å²) >= 11 is 0. The number of rotatable bonds is 3. The number of nitrogens with zero attached hydrogens (tertiary/aromatic N) is 2. The number of aliphatic hydroxyl groups excluding tert-OH is 1. The molecule has 0 spiro atoms. The molecule has 0 bridgehead atoms. The van der Waals surface area contributed by atoms with Crippen LogP contribution in [0.15, 0.2) is 12.1 Å². The van der Waals surface area contributed by atoms with E-state index in [4.69, 9.17) is 4.74 Å². The minimum atomic E-state index is -0.373. The SMILES string of the molecule is COC(=O)c1ccc(N(C)C2CCCCC2O)nc1C. The molecule has 2 rings (SSSR count). The monoisotopic (exact) mass is 278 g/mol. The van der Waals surface area contributed by atoms with Crippen LogP contribution in [-0.2, 0) is 4.74 Å². The fourth-order valence-corrected chi connectivity index (χ4v) is 2.78. The van der Waals surface area contributed by atoms with Crippen LogP contribution in [-0.4, -0.2) is 42.4 Å². The number of carbonyl (C=O) groups excluding carboxylic acids is 1. The highest BCUT2D eigenvalue weighted by Gasteiger charge is 2.27. The van der Waals surface area contributed by atoms with Gasteiger partial charge in [-0.05, 0) is 31.9 Å². The van der Waals surface area contributed by atoms with Crippen molar-refractivity contribution in [2.24, 2.45) is 0 Å². The number of methoxy groups -OCH3 is 1.